The Morgan fingerprint density at radius 3 is 2.54 bits per heavy atom. The Bertz CT molecular complexity index is 808. The van der Waals surface area contributed by atoms with Crippen molar-refractivity contribution in [3.63, 3.8) is 0 Å². The van der Waals surface area contributed by atoms with Gasteiger partial charge in [-0.05, 0) is 30.3 Å². The number of phenolic OH excluding ortho intramolecular Hbond substituents is 1. The topological polar surface area (TPSA) is 61.7 Å². The predicted molar refractivity (Wildman–Crippen MR) is 84.6 cm³/mol. The fourth-order valence-electron chi connectivity index (χ4n) is 1.81. The maximum Gasteiger partial charge on any atom is 0.417 e. The molecular weight excluding hydrogens is 368 g/mol. The highest BCUT2D eigenvalue weighted by molar-refractivity contribution is 6.32. The van der Waals surface area contributed by atoms with Gasteiger partial charge in [0.15, 0.2) is 0 Å². The van der Waals surface area contributed by atoms with Crippen LogP contribution < -0.4 is 5.43 Å². The van der Waals surface area contributed by atoms with Crippen molar-refractivity contribution in [3.8, 4) is 5.75 Å². The molecule has 0 saturated carbocycles. The molecule has 0 radical (unpaired) electrons. The smallest absolute Gasteiger partial charge is 0.417 e. The van der Waals surface area contributed by atoms with E-state index in [1.54, 1.807) is 6.07 Å². The van der Waals surface area contributed by atoms with Gasteiger partial charge in [-0.2, -0.15) is 18.3 Å². The normalized spacial score (nSPS) is 11.7. The number of nitrogens with zero attached hydrogens (tertiary/aromatic N) is 1. The van der Waals surface area contributed by atoms with E-state index in [9.17, 15) is 23.1 Å². The van der Waals surface area contributed by atoms with Crippen LogP contribution in [0.4, 0.5) is 13.2 Å². The molecule has 0 unspecified atom stereocenters. The second-order valence-corrected chi connectivity index (χ2v) is 5.41. The van der Waals surface area contributed by atoms with Gasteiger partial charge in [0.2, 0.25) is 0 Å². The van der Waals surface area contributed by atoms with Crippen LogP contribution in [0.3, 0.4) is 0 Å². The van der Waals surface area contributed by atoms with Gasteiger partial charge in [0.25, 0.3) is 5.91 Å². The van der Waals surface area contributed by atoms with Crippen molar-refractivity contribution in [3.05, 3.63) is 63.1 Å². The maximum atomic E-state index is 12.9. The van der Waals surface area contributed by atoms with Crippen molar-refractivity contribution in [2.45, 2.75) is 6.18 Å². The first-order chi connectivity index (χ1) is 11.2. The Hall–Kier alpha value is -2.25. The minimum Gasteiger partial charge on any atom is -0.506 e. The van der Waals surface area contributed by atoms with E-state index in [-0.39, 0.29) is 10.6 Å². The number of phenols is 1. The number of nitrogens with one attached hydrogen (secondary N) is 1. The van der Waals surface area contributed by atoms with Crippen molar-refractivity contribution in [2.24, 2.45) is 5.10 Å². The number of hydrogen-bond acceptors (Lipinski definition) is 3. The van der Waals surface area contributed by atoms with Crippen LogP contribution in [0.15, 0.2) is 41.5 Å². The Kier molecular flexibility index (Phi) is 5.36. The summed E-state index contributed by atoms with van der Waals surface area (Å²) < 4.78 is 38.8. The molecule has 0 heterocycles. The largest absolute Gasteiger partial charge is 0.506 e. The van der Waals surface area contributed by atoms with Crippen LogP contribution in [0.1, 0.15) is 21.5 Å². The highest BCUT2D eigenvalue weighted by Crippen LogP contribution is 2.38. The molecule has 0 aromatic heterocycles. The Labute approximate surface area is 144 Å². The summed E-state index contributed by atoms with van der Waals surface area (Å²) in [7, 11) is 0. The summed E-state index contributed by atoms with van der Waals surface area (Å²) in [5.74, 6) is -1.46. The first kappa shape index (κ1) is 18.1. The summed E-state index contributed by atoms with van der Waals surface area (Å²) in [5, 5.41) is 13.2. The minimum absolute atomic E-state index is 0.172. The fourth-order valence-corrected chi connectivity index (χ4v) is 2.16. The molecular formula is C15H9Cl2F3N2O2. The number of halogens is 5. The number of aromatic hydroxyl groups is 1. The molecule has 2 N–H and O–H groups in total. The third-order valence-electron chi connectivity index (χ3n) is 2.92. The molecule has 9 heteroatoms. The van der Waals surface area contributed by atoms with Gasteiger partial charge in [-0.15, -0.1) is 0 Å². The molecule has 2 rings (SSSR count). The zero-order valence-electron chi connectivity index (χ0n) is 11.7. The molecule has 0 bridgehead atoms. The molecule has 24 heavy (non-hydrogen) atoms. The van der Waals surface area contributed by atoms with Gasteiger partial charge in [-0.3, -0.25) is 4.79 Å². The number of carbonyl (C=O) groups is 1. The molecule has 2 aromatic carbocycles. The van der Waals surface area contributed by atoms with Gasteiger partial charge in [0, 0.05) is 10.6 Å². The summed E-state index contributed by atoms with van der Waals surface area (Å²) >= 11 is 11.3. The van der Waals surface area contributed by atoms with Gasteiger partial charge in [-0.25, -0.2) is 5.43 Å². The third kappa shape index (κ3) is 4.18. The molecule has 0 aliphatic carbocycles. The lowest BCUT2D eigenvalue weighted by atomic mass is 10.1. The van der Waals surface area contributed by atoms with Crippen LogP contribution in [-0.2, 0) is 6.18 Å². The van der Waals surface area contributed by atoms with Crippen LogP contribution in [0.2, 0.25) is 10.0 Å². The van der Waals surface area contributed by atoms with Crippen LogP contribution in [0.5, 0.6) is 5.75 Å². The summed E-state index contributed by atoms with van der Waals surface area (Å²) in [5.41, 5.74) is 0.437. The number of amides is 1. The summed E-state index contributed by atoms with van der Waals surface area (Å²) in [6.45, 7) is 0. The van der Waals surface area contributed by atoms with Crippen LogP contribution in [0, 0.1) is 0 Å². The first-order valence-electron chi connectivity index (χ1n) is 6.38. The summed E-state index contributed by atoms with van der Waals surface area (Å²) in [6, 6.07) is 7.54. The van der Waals surface area contributed by atoms with Crippen molar-refractivity contribution in [2.75, 3.05) is 0 Å². The number of benzene rings is 2. The lowest BCUT2D eigenvalue weighted by Gasteiger charge is -2.12. The second kappa shape index (κ2) is 7.11. The molecule has 2 aromatic rings. The Morgan fingerprint density at radius 2 is 1.92 bits per heavy atom. The van der Waals surface area contributed by atoms with Crippen LogP contribution in [-0.4, -0.2) is 17.2 Å². The molecule has 4 nitrogen and oxygen atoms in total. The van der Waals surface area contributed by atoms with Crippen molar-refractivity contribution in [1.29, 1.82) is 0 Å². The molecule has 0 aliphatic heterocycles. The van der Waals surface area contributed by atoms with Gasteiger partial charge < -0.3 is 5.11 Å². The fraction of sp³-hybridized carbons (Fsp3) is 0.0667. The zero-order valence-corrected chi connectivity index (χ0v) is 13.2. The average molecular weight is 377 g/mol. The SMILES string of the molecule is O=C(N/N=C/c1c(C(F)(F)F)ccc(Cl)c1O)c1cccc(Cl)c1. The van der Waals surface area contributed by atoms with Gasteiger partial charge in [0.1, 0.15) is 5.75 Å². The average Bonchev–Trinajstić information content (AvgIpc) is 2.50. The second-order valence-electron chi connectivity index (χ2n) is 4.56. The van der Waals surface area contributed by atoms with E-state index in [0.717, 1.165) is 6.07 Å². The molecule has 0 aliphatic rings. The van der Waals surface area contributed by atoms with Gasteiger partial charge >= 0.3 is 6.18 Å². The van der Waals surface area contributed by atoms with E-state index >= 15 is 0 Å². The maximum absolute atomic E-state index is 12.9. The van der Waals surface area contributed by atoms with Gasteiger partial charge in [-0.1, -0.05) is 29.3 Å². The number of hydrogen-bond donors (Lipinski definition) is 2. The highest BCUT2D eigenvalue weighted by atomic mass is 35.5. The molecule has 0 fully saturated rings. The molecule has 1 amide bonds. The molecule has 126 valence electrons. The predicted octanol–water partition coefficient (Wildman–Crippen LogP) is 4.48. The molecule has 0 atom stereocenters. The number of rotatable bonds is 3. The van der Waals surface area contributed by atoms with E-state index in [2.05, 4.69) is 10.5 Å². The Balaban J connectivity index is 2.26. The van der Waals surface area contributed by atoms with E-state index in [1.807, 2.05) is 0 Å². The number of carbonyl (C=O) groups excluding carboxylic acids is 1. The molecule has 0 saturated heterocycles. The van der Waals surface area contributed by atoms with E-state index in [1.165, 1.54) is 18.2 Å². The third-order valence-corrected chi connectivity index (χ3v) is 3.46. The monoisotopic (exact) mass is 376 g/mol. The number of alkyl halides is 3. The van der Waals surface area contributed by atoms with Crippen LogP contribution >= 0.6 is 23.2 Å². The first-order valence-corrected chi connectivity index (χ1v) is 7.13. The standard InChI is InChI=1S/C15H9Cl2F3N2O2/c16-9-3-1-2-8(6-9)14(24)22-21-7-10-11(15(18,19)20)4-5-12(17)13(10)23/h1-7,23H,(H,22,24)/b21-7+. The van der Waals surface area contributed by atoms with Crippen molar-refractivity contribution >= 4 is 35.3 Å². The van der Waals surface area contributed by atoms with E-state index in [0.29, 0.717) is 17.3 Å². The summed E-state index contributed by atoms with van der Waals surface area (Å²) in [4.78, 5) is 11.8. The minimum atomic E-state index is -4.72. The van der Waals surface area contributed by atoms with Crippen LogP contribution in [0.25, 0.3) is 0 Å². The van der Waals surface area contributed by atoms with Crippen molar-refractivity contribution < 1.29 is 23.1 Å². The quantitative estimate of drug-likeness (QED) is 0.612. The lowest BCUT2D eigenvalue weighted by Crippen LogP contribution is -2.18. The lowest BCUT2D eigenvalue weighted by molar-refractivity contribution is -0.137. The highest BCUT2D eigenvalue weighted by Gasteiger charge is 2.34. The summed E-state index contributed by atoms with van der Waals surface area (Å²) in [6.07, 6.45) is -4.05. The van der Waals surface area contributed by atoms with E-state index in [4.69, 9.17) is 23.2 Å². The Morgan fingerprint density at radius 1 is 1.21 bits per heavy atom. The van der Waals surface area contributed by atoms with Crippen molar-refractivity contribution in [1.82, 2.24) is 5.43 Å². The van der Waals surface area contributed by atoms with E-state index < -0.39 is 29.0 Å². The number of hydrazone groups is 1. The zero-order chi connectivity index (χ0) is 17.9. The van der Waals surface area contributed by atoms with Gasteiger partial charge in [0.05, 0.1) is 22.4 Å². The molecule has 0 spiro atoms.